The van der Waals surface area contributed by atoms with Crippen molar-refractivity contribution in [1.29, 1.82) is 5.26 Å². The molecule has 4 heteroatoms. The number of para-hydroxylation sites is 1. The van der Waals surface area contributed by atoms with E-state index < -0.39 is 0 Å². The Morgan fingerprint density at radius 3 is 2.84 bits per heavy atom. The van der Waals surface area contributed by atoms with Gasteiger partial charge >= 0.3 is 6.03 Å². The highest BCUT2D eigenvalue weighted by molar-refractivity contribution is 5.90. The van der Waals surface area contributed by atoms with Gasteiger partial charge in [-0.05, 0) is 37.3 Å². The maximum Gasteiger partial charge on any atom is 0.321 e. The summed E-state index contributed by atoms with van der Waals surface area (Å²) in [4.78, 5) is 14.1. The Hall–Kier alpha value is -2.02. The van der Waals surface area contributed by atoms with Gasteiger partial charge in [0.2, 0.25) is 0 Å². The summed E-state index contributed by atoms with van der Waals surface area (Å²) in [7, 11) is 0. The standard InChI is InChI=1S/C15H19N3O/c1-2-9-18(11-12-7-8-12)15(19)17-14-6-4-3-5-13(14)10-16/h3-6,12H,2,7-9,11H2,1H3,(H,17,19). The van der Waals surface area contributed by atoms with Crippen LogP contribution in [0.1, 0.15) is 31.7 Å². The van der Waals surface area contributed by atoms with E-state index in [1.807, 2.05) is 11.0 Å². The molecule has 0 saturated heterocycles. The van der Waals surface area contributed by atoms with E-state index in [1.54, 1.807) is 18.2 Å². The van der Waals surface area contributed by atoms with E-state index in [9.17, 15) is 4.79 Å². The Morgan fingerprint density at radius 1 is 1.47 bits per heavy atom. The molecule has 1 aliphatic rings. The molecule has 0 radical (unpaired) electrons. The van der Waals surface area contributed by atoms with Crippen LogP contribution in [-0.4, -0.2) is 24.0 Å². The molecular formula is C15H19N3O. The van der Waals surface area contributed by atoms with Gasteiger partial charge in [-0.15, -0.1) is 0 Å². The topological polar surface area (TPSA) is 56.1 Å². The molecule has 2 rings (SSSR count). The summed E-state index contributed by atoms with van der Waals surface area (Å²) < 4.78 is 0. The summed E-state index contributed by atoms with van der Waals surface area (Å²) in [6, 6.07) is 9.08. The smallest absolute Gasteiger partial charge is 0.321 e. The Balaban J connectivity index is 2.03. The molecule has 0 heterocycles. The second-order valence-corrected chi connectivity index (χ2v) is 4.98. The molecule has 0 spiro atoms. The maximum atomic E-state index is 12.2. The van der Waals surface area contributed by atoms with E-state index in [0.29, 0.717) is 17.2 Å². The van der Waals surface area contributed by atoms with Gasteiger partial charge in [0.25, 0.3) is 0 Å². The maximum absolute atomic E-state index is 12.2. The van der Waals surface area contributed by atoms with Crippen molar-refractivity contribution in [3.8, 4) is 6.07 Å². The van der Waals surface area contributed by atoms with Crippen molar-refractivity contribution in [3.05, 3.63) is 29.8 Å². The van der Waals surface area contributed by atoms with Crippen LogP contribution < -0.4 is 5.32 Å². The molecule has 0 aliphatic heterocycles. The van der Waals surface area contributed by atoms with Crippen LogP contribution >= 0.6 is 0 Å². The SMILES string of the molecule is CCCN(CC1CC1)C(=O)Nc1ccccc1C#N. The number of benzene rings is 1. The molecule has 1 fully saturated rings. The molecular weight excluding hydrogens is 238 g/mol. The number of carbonyl (C=O) groups is 1. The van der Waals surface area contributed by atoms with E-state index in [1.165, 1.54) is 12.8 Å². The average molecular weight is 257 g/mol. The molecule has 1 aromatic rings. The number of nitriles is 1. The monoisotopic (exact) mass is 257 g/mol. The molecule has 19 heavy (non-hydrogen) atoms. The number of nitrogens with zero attached hydrogens (tertiary/aromatic N) is 2. The second-order valence-electron chi connectivity index (χ2n) is 4.98. The quantitative estimate of drug-likeness (QED) is 0.880. The third-order valence-corrected chi connectivity index (χ3v) is 3.25. The van der Waals surface area contributed by atoms with Crippen molar-refractivity contribution >= 4 is 11.7 Å². The van der Waals surface area contributed by atoms with Crippen LogP contribution in [0.15, 0.2) is 24.3 Å². The first-order valence-electron chi connectivity index (χ1n) is 6.79. The van der Waals surface area contributed by atoms with E-state index in [-0.39, 0.29) is 6.03 Å². The average Bonchev–Trinajstić information content (AvgIpc) is 3.23. The number of hydrogen-bond donors (Lipinski definition) is 1. The fourth-order valence-corrected chi connectivity index (χ4v) is 2.04. The van der Waals surface area contributed by atoms with E-state index in [4.69, 9.17) is 5.26 Å². The molecule has 1 N–H and O–H groups in total. The van der Waals surface area contributed by atoms with Gasteiger partial charge in [0.1, 0.15) is 6.07 Å². The van der Waals surface area contributed by atoms with Gasteiger partial charge in [-0.3, -0.25) is 0 Å². The van der Waals surface area contributed by atoms with Gasteiger partial charge in [0, 0.05) is 13.1 Å². The fourth-order valence-electron chi connectivity index (χ4n) is 2.04. The normalized spacial score (nSPS) is 13.7. The Labute approximate surface area is 114 Å². The van der Waals surface area contributed by atoms with Gasteiger partial charge < -0.3 is 10.2 Å². The lowest BCUT2D eigenvalue weighted by Gasteiger charge is -2.22. The molecule has 1 saturated carbocycles. The zero-order valence-corrected chi connectivity index (χ0v) is 11.2. The molecule has 0 bridgehead atoms. The van der Waals surface area contributed by atoms with Crippen molar-refractivity contribution < 1.29 is 4.79 Å². The number of rotatable bonds is 5. The summed E-state index contributed by atoms with van der Waals surface area (Å²) in [5.41, 5.74) is 1.09. The number of carbonyl (C=O) groups excluding carboxylic acids is 1. The number of anilines is 1. The number of hydrogen-bond acceptors (Lipinski definition) is 2. The highest BCUT2D eigenvalue weighted by atomic mass is 16.2. The van der Waals surface area contributed by atoms with Crippen LogP contribution in [0.2, 0.25) is 0 Å². The number of amides is 2. The van der Waals surface area contributed by atoms with Crippen molar-refractivity contribution in [2.24, 2.45) is 5.92 Å². The number of nitrogens with one attached hydrogen (secondary N) is 1. The summed E-state index contributed by atoms with van der Waals surface area (Å²) >= 11 is 0. The highest BCUT2D eigenvalue weighted by Crippen LogP contribution is 2.30. The second kappa shape index (κ2) is 6.24. The third kappa shape index (κ3) is 3.72. The van der Waals surface area contributed by atoms with Crippen LogP contribution in [0.25, 0.3) is 0 Å². The lowest BCUT2D eigenvalue weighted by Crippen LogP contribution is -2.37. The minimum Gasteiger partial charge on any atom is -0.324 e. The lowest BCUT2D eigenvalue weighted by atomic mass is 10.2. The zero-order chi connectivity index (χ0) is 13.7. The van der Waals surface area contributed by atoms with Gasteiger partial charge in [0.05, 0.1) is 11.3 Å². The highest BCUT2D eigenvalue weighted by Gasteiger charge is 2.26. The molecule has 0 aromatic heterocycles. The van der Waals surface area contributed by atoms with Gasteiger partial charge in [0.15, 0.2) is 0 Å². The van der Waals surface area contributed by atoms with Crippen molar-refractivity contribution in [1.82, 2.24) is 4.90 Å². The minimum atomic E-state index is -0.101. The van der Waals surface area contributed by atoms with Crippen LogP contribution in [0.4, 0.5) is 10.5 Å². The first kappa shape index (κ1) is 13.4. The fraction of sp³-hybridized carbons (Fsp3) is 0.467. The van der Waals surface area contributed by atoms with Crippen LogP contribution in [0.5, 0.6) is 0 Å². The number of urea groups is 1. The molecule has 1 aromatic carbocycles. The summed E-state index contributed by atoms with van der Waals surface area (Å²) in [6.45, 7) is 3.65. The minimum absolute atomic E-state index is 0.101. The summed E-state index contributed by atoms with van der Waals surface area (Å²) in [5, 5.41) is 11.9. The Morgan fingerprint density at radius 2 is 2.21 bits per heavy atom. The molecule has 0 unspecified atom stereocenters. The zero-order valence-electron chi connectivity index (χ0n) is 11.2. The largest absolute Gasteiger partial charge is 0.324 e. The van der Waals surface area contributed by atoms with E-state index in [0.717, 1.165) is 19.5 Å². The van der Waals surface area contributed by atoms with Gasteiger partial charge in [-0.1, -0.05) is 19.1 Å². The van der Waals surface area contributed by atoms with Crippen LogP contribution in [0.3, 0.4) is 0 Å². The van der Waals surface area contributed by atoms with Crippen LogP contribution in [-0.2, 0) is 0 Å². The predicted molar refractivity (Wildman–Crippen MR) is 74.8 cm³/mol. The predicted octanol–water partition coefficient (Wildman–Crippen LogP) is 3.21. The molecule has 100 valence electrons. The summed E-state index contributed by atoms with van der Waals surface area (Å²) in [5.74, 6) is 0.670. The third-order valence-electron chi connectivity index (χ3n) is 3.25. The molecule has 1 aliphatic carbocycles. The molecule has 2 amide bonds. The lowest BCUT2D eigenvalue weighted by molar-refractivity contribution is 0.209. The van der Waals surface area contributed by atoms with Crippen molar-refractivity contribution in [2.45, 2.75) is 26.2 Å². The van der Waals surface area contributed by atoms with Crippen molar-refractivity contribution in [2.75, 3.05) is 18.4 Å². The Kier molecular flexibility index (Phi) is 4.40. The molecule has 0 atom stereocenters. The van der Waals surface area contributed by atoms with Gasteiger partial charge in [-0.25, -0.2) is 4.79 Å². The first-order valence-corrected chi connectivity index (χ1v) is 6.79. The molecule has 4 nitrogen and oxygen atoms in total. The van der Waals surface area contributed by atoms with Crippen LogP contribution in [0, 0.1) is 17.2 Å². The van der Waals surface area contributed by atoms with E-state index >= 15 is 0 Å². The summed E-state index contributed by atoms with van der Waals surface area (Å²) in [6.07, 6.45) is 3.39. The van der Waals surface area contributed by atoms with Gasteiger partial charge in [-0.2, -0.15) is 5.26 Å². The first-order chi connectivity index (χ1) is 9.24. The van der Waals surface area contributed by atoms with Crippen molar-refractivity contribution in [3.63, 3.8) is 0 Å². The van der Waals surface area contributed by atoms with E-state index in [2.05, 4.69) is 18.3 Å². The Bertz CT molecular complexity index is 488.